The quantitative estimate of drug-likeness (QED) is 0.491. The van der Waals surface area contributed by atoms with Gasteiger partial charge in [-0.05, 0) is 12.5 Å². The monoisotopic (exact) mass is 291 g/mol. The van der Waals surface area contributed by atoms with Crippen LogP contribution in [0.2, 0.25) is 5.15 Å². The van der Waals surface area contributed by atoms with Crippen LogP contribution in [0.3, 0.4) is 0 Å². The van der Waals surface area contributed by atoms with Crippen molar-refractivity contribution in [1.82, 2.24) is 4.98 Å². The van der Waals surface area contributed by atoms with E-state index in [1.807, 2.05) is 43.1 Å². The lowest BCUT2D eigenvalue weighted by atomic mass is 10.1. The lowest BCUT2D eigenvalue weighted by Crippen LogP contribution is -2.17. The lowest BCUT2D eigenvalue weighted by Gasteiger charge is -2.18. The number of hydrogen-bond donors (Lipinski definition) is 0. The van der Waals surface area contributed by atoms with Crippen LogP contribution in [0.4, 0.5) is 11.5 Å². The van der Waals surface area contributed by atoms with Gasteiger partial charge in [0.2, 0.25) is 0 Å². The van der Waals surface area contributed by atoms with E-state index in [9.17, 15) is 10.1 Å². The van der Waals surface area contributed by atoms with Crippen molar-refractivity contribution in [3.05, 3.63) is 62.8 Å². The Morgan fingerprint density at radius 3 is 2.55 bits per heavy atom. The van der Waals surface area contributed by atoms with Crippen LogP contribution in [0.25, 0.3) is 0 Å². The Balaban J connectivity index is 2.22. The van der Waals surface area contributed by atoms with E-state index in [-0.39, 0.29) is 10.8 Å². The Hall–Kier alpha value is -2.14. The highest BCUT2D eigenvalue weighted by molar-refractivity contribution is 6.29. The van der Waals surface area contributed by atoms with E-state index in [0.29, 0.717) is 12.4 Å². The molecule has 0 amide bonds. The molecule has 2 aromatic rings. The zero-order valence-electron chi connectivity index (χ0n) is 11.2. The van der Waals surface area contributed by atoms with E-state index in [2.05, 4.69) is 4.98 Å². The first-order valence-corrected chi connectivity index (χ1v) is 6.42. The van der Waals surface area contributed by atoms with Crippen molar-refractivity contribution >= 4 is 23.1 Å². The molecule has 0 atom stereocenters. The molecule has 5 nitrogen and oxygen atoms in total. The Labute approximate surface area is 122 Å². The van der Waals surface area contributed by atoms with Crippen molar-refractivity contribution in [3.63, 3.8) is 0 Å². The second kappa shape index (κ2) is 5.88. The van der Waals surface area contributed by atoms with E-state index in [1.54, 1.807) is 0 Å². The Morgan fingerprint density at radius 1 is 1.30 bits per heavy atom. The number of benzene rings is 1. The van der Waals surface area contributed by atoms with Crippen LogP contribution < -0.4 is 4.90 Å². The molecule has 2 rings (SSSR count). The van der Waals surface area contributed by atoms with Gasteiger partial charge in [-0.2, -0.15) is 0 Å². The maximum Gasteiger partial charge on any atom is 0.276 e. The molecule has 0 unspecified atom stereocenters. The van der Waals surface area contributed by atoms with Gasteiger partial charge in [-0.25, -0.2) is 4.98 Å². The molecule has 0 spiro atoms. The molecule has 0 saturated heterocycles. The largest absolute Gasteiger partial charge is 0.355 e. The smallest absolute Gasteiger partial charge is 0.276 e. The third kappa shape index (κ3) is 3.45. The van der Waals surface area contributed by atoms with Gasteiger partial charge in [0.15, 0.2) is 0 Å². The minimum Gasteiger partial charge on any atom is -0.355 e. The molecule has 0 fully saturated rings. The topological polar surface area (TPSA) is 59.3 Å². The molecule has 1 aromatic heterocycles. The third-order valence-electron chi connectivity index (χ3n) is 2.91. The summed E-state index contributed by atoms with van der Waals surface area (Å²) in [6.07, 6.45) is 0. The van der Waals surface area contributed by atoms with Crippen LogP contribution >= 0.6 is 11.6 Å². The summed E-state index contributed by atoms with van der Waals surface area (Å²) in [6.45, 7) is 2.63. The van der Waals surface area contributed by atoms with Gasteiger partial charge >= 0.3 is 0 Å². The number of halogens is 1. The predicted octanol–water partition coefficient (Wildman–Crippen LogP) is 3.59. The summed E-state index contributed by atoms with van der Waals surface area (Å²) in [7, 11) is 1.82. The number of aromatic nitrogens is 1. The Kier molecular flexibility index (Phi) is 4.20. The molecule has 6 heteroatoms. The normalized spacial score (nSPS) is 10.3. The predicted molar refractivity (Wildman–Crippen MR) is 79.2 cm³/mol. The van der Waals surface area contributed by atoms with Crippen molar-refractivity contribution in [2.45, 2.75) is 13.5 Å². The molecule has 104 valence electrons. The summed E-state index contributed by atoms with van der Waals surface area (Å²) in [6, 6.07) is 10.7. The van der Waals surface area contributed by atoms with Crippen molar-refractivity contribution < 1.29 is 4.92 Å². The van der Waals surface area contributed by atoms with Crippen molar-refractivity contribution in [2.24, 2.45) is 0 Å². The maximum absolute atomic E-state index is 10.8. The molecular weight excluding hydrogens is 278 g/mol. The first kappa shape index (κ1) is 14.3. The summed E-state index contributed by atoms with van der Waals surface area (Å²) in [5.41, 5.74) is 2.23. The van der Waals surface area contributed by atoms with E-state index >= 15 is 0 Å². The van der Waals surface area contributed by atoms with Gasteiger partial charge in [0, 0.05) is 13.6 Å². The van der Waals surface area contributed by atoms with Crippen LogP contribution in [0.15, 0.2) is 36.4 Å². The van der Waals surface area contributed by atoms with E-state index in [1.165, 1.54) is 17.7 Å². The number of aryl methyl sites for hydroxylation is 1. The Morgan fingerprint density at radius 2 is 1.95 bits per heavy atom. The highest BCUT2D eigenvalue weighted by Gasteiger charge is 2.13. The van der Waals surface area contributed by atoms with Gasteiger partial charge in [-0.1, -0.05) is 41.4 Å². The molecule has 0 radical (unpaired) electrons. The van der Waals surface area contributed by atoms with Crippen molar-refractivity contribution in [1.29, 1.82) is 0 Å². The standard InChI is InChI=1S/C14H14ClN3O2/c1-10-3-5-11(6-4-10)9-17(2)14-8-12(18(19)20)7-13(15)16-14/h3-8H,9H2,1-2H3. The highest BCUT2D eigenvalue weighted by atomic mass is 35.5. The molecule has 0 saturated carbocycles. The zero-order chi connectivity index (χ0) is 14.7. The van der Waals surface area contributed by atoms with Gasteiger partial charge in [0.25, 0.3) is 5.69 Å². The minimum atomic E-state index is -0.475. The molecule has 1 aromatic carbocycles. The molecule has 0 bridgehead atoms. The number of nitro groups is 1. The number of anilines is 1. The van der Waals surface area contributed by atoms with Crippen LogP contribution in [0, 0.1) is 17.0 Å². The fraction of sp³-hybridized carbons (Fsp3) is 0.214. The van der Waals surface area contributed by atoms with Crippen molar-refractivity contribution in [3.8, 4) is 0 Å². The van der Waals surface area contributed by atoms with E-state index < -0.39 is 4.92 Å². The average Bonchev–Trinajstić information content (AvgIpc) is 2.40. The molecule has 20 heavy (non-hydrogen) atoms. The zero-order valence-corrected chi connectivity index (χ0v) is 12.0. The second-order valence-electron chi connectivity index (χ2n) is 4.61. The molecule has 0 aliphatic carbocycles. The molecule has 0 aliphatic rings. The van der Waals surface area contributed by atoms with Gasteiger partial charge in [-0.15, -0.1) is 0 Å². The Bertz CT molecular complexity index is 629. The van der Waals surface area contributed by atoms with Crippen LogP contribution in [0.1, 0.15) is 11.1 Å². The molecular formula is C14H14ClN3O2. The number of nitrogens with zero attached hydrogens (tertiary/aromatic N) is 3. The van der Waals surface area contributed by atoms with Gasteiger partial charge in [-0.3, -0.25) is 10.1 Å². The summed E-state index contributed by atoms with van der Waals surface area (Å²) < 4.78 is 0. The van der Waals surface area contributed by atoms with Gasteiger partial charge in [0.05, 0.1) is 17.1 Å². The summed E-state index contributed by atoms with van der Waals surface area (Å²) in [4.78, 5) is 16.3. The van der Waals surface area contributed by atoms with Crippen molar-refractivity contribution in [2.75, 3.05) is 11.9 Å². The maximum atomic E-state index is 10.8. The summed E-state index contributed by atoms with van der Waals surface area (Å²) >= 11 is 5.82. The fourth-order valence-electron chi connectivity index (χ4n) is 1.82. The minimum absolute atomic E-state index is 0.0595. The summed E-state index contributed by atoms with van der Waals surface area (Å²) in [5.74, 6) is 0.477. The van der Waals surface area contributed by atoms with Crippen LogP contribution in [-0.2, 0) is 6.54 Å². The molecule has 0 N–H and O–H groups in total. The second-order valence-corrected chi connectivity index (χ2v) is 4.99. The molecule has 0 aliphatic heterocycles. The van der Waals surface area contributed by atoms with Crippen LogP contribution in [-0.4, -0.2) is 17.0 Å². The number of pyridine rings is 1. The lowest BCUT2D eigenvalue weighted by molar-refractivity contribution is -0.384. The first-order chi connectivity index (χ1) is 9.45. The molecule has 1 heterocycles. The number of rotatable bonds is 4. The SMILES string of the molecule is Cc1ccc(CN(C)c2cc([N+](=O)[O-])cc(Cl)n2)cc1. The third-order valence-corrected chi connectivity index (χ3v) is 3.10. The van der Waals surface area contributed by atoms with E-state index in [0.717, 1.165) is 5.56 Å². The van der Waals surface area contributed by atoms with Crippen LogP contribution in [0.5, 0.6) is 0 Å². The highest BCUT2D eigenvalue weighted by Crippen LogP contribution is 2.23. The summed E-state index contributed by atoms with van der Waals surface area (Å²) in [5, 5.41) is 10.9. The van der Waals surface area contributed by atoms with E-state index in [4.69, 9.17) is 11.6 Å². The fourth-order valence-corrected chi connectivity index (χ4v) is 2.02. The first-order valence-electron chi connectivity index (χ1n) is 6.04. The average molecular weight is 292 g/mol. The van der Waals surface area contributed by atoms with Gasteiger partial charge in [0.1, 0.15) is 11.0 Å². The van der Waals surface area contributed by atoms with Gasteiger partial charge < -0.3 is 4.90 Å². The number of hydrogen-bond acceptors (Lipinski definition) is 4.